The van der Waals surface area contributed by atoms with Crippen LogP contribution in [-0.2, 0) is 9.53 Å². The van der Waals surface area contributed by atoms with Gasteiger partial charge in [-0.1, -0.05) is 6.07 Å². The summed E-state index contributed by atoms with van der Waals surface area (Å²) >= 11 is 0. The van der Waals surface area contributed by atoms with Gasteiger partial charge in [0.2, 0.25) is 5.78 Å². The Kier molecular flexibility index (Phi) is 4.12. The summed E-state index contributed by atoms with van der Waals surface area (Å²) in [6.07, 6.45) is 1.02. The summed E-state index contributed by atoms with van der Waals surface area (Å²) in [6, 6.07) is 4.27. The molecule has 1 fully saturated rings. The lowest BCUT2D eigenvalue weighted by atomic mass is 9.93. The first kappa shape index (κ1) is 15.2. The van der Waals surface area contributed by atoms with Crippen LogP contribution < -0.4 is 5.32 Å². The molecular formula is C16H16N2O5. The third-order valence-corrected chi connectivity index (χ3v) is 3.84. The first-order valence-electron chi connectivity index (χ1n) is 7.32. The van der Waals surface area contributed by atoms with Gasteiger partial charge in [0, 0.05) is 37.8 Å². The number of phenols is 1. The number of Topliss-reactive ketones (excluding diaryl/α,β-unsaturated/α-hetero) is 1. The molecule has 0 spiro atoms. The number of ketones is 2. The van der Waals surface area contributed by atoms with E-state index in [9.17, 15) is 19.5 Å². The number of nitrogens with one attached hydrogen (secondary N) is 1. The van der Waals surface area contributed by atoms with Crippen molar-refractivity contribution in [1.82, 2.24) is 10.2 Å². The zero-order valence-electron chi connectivity index (χ0n) is 12.4. The average molecular weight is 316 g/mol. The summed E-state index contributed by atoms with van der Waals surface area (Å²) in [7, 11) is 0. The van der Waals surface area contributed by atoms with E-state index in [1.807, 2.05) is 0 Å². The molecule has 0 atom stereocenters. The van der Waals surface area contributed by atoms with E-state index in [1.54, 1.807) is 4.90 Å². The second kappa shape index (κ2) is 6.21. The number of hydrogen-bond acceptors (Lipinski definition) is 6. The maximum Gasteiger partial charge on any atom is 0.260 e. The molecule has 1 amide bonds. The molecule has 3 rings (SSSR count). The van der Waals surface area contributed by atoms with E-state index >= 15 is 0 Å². The summed E-state index contributed by atoms with van der Waals surface area (Å²) in [5.41, 5.74) is 0.0559. The molecule has 2 N–H and O–H groups in total. The molecule has 0 aromatic heterocycles. The van der Waals surface area contributed by atoms with Gasteiger partial charge in [-0.25, -0.2) is 0 Å². The standard InChI is InChI=1S/C16H16N2O5/c19-11-3-1-2-10-15(11)12(20)8-13(16(10)22)23-9-14(21)18-6-4-17-5-7-18/h1-3,8,17,19H,4-7,9H2. The van der Waals surface area contributed by atoms with Crippen molar-refractivity contribution in [2.75, 3.05) is 32.8 Å². The van der Waals surface area contributed by atoms with Gasteiger partial charge in [0.05, 0.1) is 5.56 Å². The summed E-state index contributed by atoms with van der Waals surface area (Å²) in [6.45, 7) is 2.33. The quantitative estimate of drug-likeness (QED) is 0.821. The number of carbonyl (C=O) groups excluding carboxylic acids is 3. The molecule has 1 aromatic carbocycles. The predicted octanol–water partition coefficient (Wildman–Crippen LogP) is 0.103. The summed E-state index contributed by atoms with van der Waals surface area (Å²) in [4.78, 5) is 38.0. The summed E-state index contributed by atoms with van der Waals surface area (Å²) in [5, 5.41) is 12.8. The Labute approximate surface area is 132 Å². The number of aromatic hydroxyl groups is 1. The molecule has 1 aromatic rings. The number of phenolic OH excluding ortho intramolecular Hbond substituents is 1. The lowest BCUT2D eigenvalue weighted by Gasteiger charge is -2.27. The molecule has 7 nitrogen and oxygen atoms in total. The van der Waals surface area contributed by atoms with Crippen molar-refractivity contribution in [3.63, 3.8) is 0 Å². The Morgan fingerprint density at radius 2 is 2.00 bits per heavy atom. The minimum atomic E-state index is -0.512. The van der Waals surface area contributed by atoms with Crippen LogP contribution in [0.15, 0.2) is 30.0 Å². The van der Waals surface area contributed by atoms with Gasteiger partial charge in [0.25, 0.3) is 5.91 Å². The lowest BCUT2D eigenvalue weighted by molar-refractivity contribution is -0.135. The van der Waals surface area contributed by atoms with Crippen molar-refractivity contribution in [3.8, 4) is 5.75 Å². The molecule has 1 aliphatic heterocycles. The van der Waals surface area contributed by atoms with E-state index in [0.29, 0.717) is 13.1 Å². The van der Waals surface area contributed by atoms with E-state index in [2.05, 4.69) is 5.32 Å². The number of fused-ring (bicyclic) bond motifs is 1. The molecule has 1 heterocycles. The fourth-order valence-corrected chi connectivity index (χ4v) is 2.63. The van der Waals surface area contributed by atoms with Crippen LogP contribution in [0.4, 0.5) is 0 Å². The minimum absolute atomic E-state index is 0.0294. The van der Waals surface area contributed by atoms with Crippen LogP contribution in [0.2, 0.25) is 0 Å². The number of allylic oxidation sites excluding steroid dienone is 2. The van der Waals surface area contributed by atoms with E-state index in [4.69, 9.17) is 4.74 Å². The normalized spacial score (nSPS) is 17.6. The van der Waals surface area contributed by atoms with E-state index in [-0.39, 0.29) is 35.1 Å². The number of rotatable bonds is 3. The Bertz CT molecular complexity index is 704. The second-order valence-electron chi connectivity index (χ2n) is 5.32. The second-order valence-corrected chi connectivity index (χ2v) is 5.32. The van der Waals surface area contributed by atoms with Gasteiger partial charge >= 0.3 is 0 Å². The molecule has 1 aliphatic carbocycles. The molecule has 0 saturated carbocycles. The molecule has 2 aliphatic rings. The Morgan fingerprint density at radius 1 is 1.26 bits per heavy atom. The van der Waals surface area contributed by atoms with Crippen molar-refractivity contribution in [2.24, 2.45) is 0 Å². The van der Waals surface area contributed by atoms with Crippen LogP contribution in [0.5, 0.6) is 5.75 Å². The Balaban J connectivity index is 1.71. The SMILES string of the molecule is O=C1C(OCC(=O)N2CCNCC2)=CC(=O)c2c(O)cccc21. The fraction of sp³-hybridized carbons (Fsp3) is 0.312. The van der Waals surface area contributed by atoms with Crippen molar-refractivity contribution in [3.05, 3.63) is 41.2 Å². The molecule has 120 valence electrons. The lowest BCUT2D eigenvalue weighted by Crippen LogP contribution is -2.47. The number of hydrogen-bond donors (Lipinski definition) is 2. The highest BCUT2D eigenvalue weighted by Gasteiger charge is 2.29. The van der Waals surface area contributed by atoms with E-state index < -0.39 is 11.6 Å². The maximum atomic E-state index is 12.3. The molecule has 0 bridgehead atoms. The number of carbonyl (C=O) groups is 3. The molecule has 7 heteroatoms. The van der Waals surface area contributed by atoms with Gasteiger partial charge in [-0.15, -0.1) is 0 Å². The zero-order valence-corrected chi connectivity index (χ0v) is 12.4. The van der Waals surface area contributed by atoms with Crippen LogP contribution in [0, 0.1) is 0 Å². The fourth-order valence-electron chi connectivity index (χ4n) is 2.63. The highest BCUT2D eigenvalue weighted by Crippen LogP contribution is 2.28. The van der Waals surface area contributed by atoms with Gasteiger partial charge in [0.1, 0.15) is 5.75 Å². The largest absolute Gasteiger partial charge is 0.507 e. The van der Waals surface area contributed by atoms with Gasteiger partial charge in [-0.05, 0) is 12.1 Å². The van der Waals surface area contributed by atoms with Crippen LogP contribution >= 0.6 is 0 Å². The Hall–Kier alpha value is -2.67. The third-order valence-electron chi connectivity index (χ3n) is 3.84. The monoisotopic (exact) mass is 316 g/mol. The van der Waals surface area contributed by atoms with Crippen molar-refractivity contribution in [1.29, 1.82) is 0 Å². The number of nitrogens with zero attached hydrogens (tertiary/aromatic N) is 1. The first-order valence-corrected chi connectivity index (χ1v) is 7.32. The average Bonchev–Trinajstić information content (AvgIpc) is 2.57. The van der Waals surface area contributed by atoms with Crippen molar-refractivity contribution in [2.45, 2.75) is 0 Å². The number of piperazine rings is 1. The highest BCUT2D eigenvalue weighted by molar-refractivity contribution is 6.24. The number of amides is 1. The summed E-state index contributed by atoms with van der Waals surface area (Å²) < 4.78 is 5.27. The van der Waals surface area contributed by atoms with Crippen LogP contribution in [-0.4, -0.2) is 60.3 Å². The van der Waals surface area contributed by atoms with E-state index in [0.717, 1.165) is 19.2 Å². The topological polar surface area (TPSA) is 95.9 Å². The maximum absolute atomic E-state index is 12.3. The summed E-state index contributed by atoms with van der Waals surface area (Å²) in [5.74, 6) is -1.66. The molecule has 0 radical (unpaired) electrons. The highest BCUT2D eigenvalue weighted by atomic mass is 16.5. The number of benzene rings is 1. The van der Waals surface area contributed by atoms with Crippen LogP contribution in [0.1, 0.15) is 20.7 Å². The van der Waals surface area contributed by atoms with Gasteiger partial charge in [-0.3, -0.25) is 14.4 Å². The molecular weight excluding hydrogens is 300 g/mol. The molecule has 23 heavy (non-hydrogen) atoms. The van der Waals surface area contributed by atoms with Gasteiger partial charge in [-0.2, -0.15) is 0 Å². The Morgan fingerprint density at radius 3 is 2.74 bits per heavy atom. The number of ether oxygens (including phenoxy) is 1. The smallest absolute Gasteiger partial charge is 0.260 e. The van der Waals surface area contributed by atoms with Gasteiger partial charge in [0.15, 0.2) is 18.1 Å². The van der Waals surface area contributed by atoms with Gasteiger partial charge < -0.3 is 20.1 Å². The van der Waals surface area contributed by atoms with Crippen LogP contribution in [0.3, 0.4) is 0 Å². The van der Waals surface area contributed by atoms with Crippen molar-refractivity contribution >= 4 is 17.5 Å². The third kappa shape index (κ3) is 2.95. The predicted molar refractivity (Wildman–Crippen MR) is 80.3 cm³/mol. The zero-order chi connectivity index (χ0) is 16.4. The molecule has 1 saturated heterocycles. The minimum Gasteiger partial charge on any atom is -0.507 e. The van der Waals surface area contributed by atoms with Crippen LogP contribution in [0.25, 0.3) is 0 Å². The van der Waals surface area contributed by atoms with E-state index in [1.165, 1.54) is 18.2 Å². The van der Waals surface area contributed by atoms with Crippen molar-refractivity contribution < 1.29 is 24.2 Å². The molecule has 0 unspecified atom stereocenters. The first-order chi connectivity index (χ1) is 11.1.